The van der Waals surface area contributed by atoms with Crippen molar-refractivity contribution in [2.24, 2.45) is 0 Å². The van der Waals surface area contributed by atoms with E-state index in [0.29, 0.717) is 10.9 Å². The number of hydrogen-bond acceptors (Lipinski definition) is 4. The molecule has 0 heterocycles. The number of carbonyl (C=O) groups excluding carboxylic acids is 1. The van der Waals surface area contributed by atoms with Crippen molar-refractivity contribution in [3.05, 3.63) is 29.3 Å². The topological polar surface area (TPSA) is 77.8 Å². The van der Waals surface area contributed by atoms with Gasteiger partial charge in [0.25, 0.3) is 0 Å². The zero-order valence-corrected chi connectivity index (χ0v) is 11.5. The van der Waals surface area contributed by atoms with Crippen LogP contribution >= 0.6 is 0 Å². The summed E-state index contributed by atoms with van der Waals surface area (Å²) in [5.74, 6) is -0.858. The average Bonchev–Trinajstić information content (AvgIpc) is 2.29. The zero-order chi connectivity index (χ0) is 14.7. The minimum absolute atomic E-state index is 0.0932. The number of benzene rings is 2. The van der Waals surface area contributed by atoms with Gasteiger partial charge in [0.1, 0.15) is 17.2 Å². The number of phenolic OH excluding ortho intramolecular Hbond substituents is 3. The maximum absolute atomic E-state index is 11.4. The molecule has 2 rings (SSSR count). The zero-order valence-electron chi connectivity index (χ0n) is 11.5. The van der Waals surface area contributed by atoms with E-state index in [4.69, 9.17) is 0 Å². The maximum atomic E-state index is 11.4. The van der Waals surface area contributed by atoms with Gasteiger partial charge in [-0.15, -0.1) is 0 Å². The van der Waals surface area contributed by atoms with E-state index in [-0.39, 0.29) is 34.0 Å². The second kappa shape index (κ2) is 5.61. The van der Waals surface area contributed by atoms with Gasteiger partial charge in [0.15, 0.2) is 5.78 Å². The number of aryl methyl sites for hydroxylation is 1. The van der Waals surface area contributed by atoms with Crippen LogP contribution in [-0.4, -0.2) is 21.1 Å². The van der Waals surface area contributed by atoms with Crippen molar-refractivity contribution in [3.8, 4) is 17.2 Å². The molecular weight excluding hydrogens is 244 g/mol. The highest BCUT2D eigenvalue weighted by Gasteiger charge is 2.17. The van der Waals surface area contributed by atoms with Crippen molar-refractivity contribution >= 4 is 16.6 Å². The van der Waals surface area contributed by atoms with Crippen LogP contribution in [0.1, 0.15) is 36.7 Å². The minimum atomic E-state index is -0.269. The number of aromatic hydroxyl groups is 3. The van der Waals surface area contributed by atoms with E-state index in [9.17, 15) is 20.1 Å². The fraction of sp³-hybridized carbons (Fsp3) is 0.267. The highest BCUT2D eigenvalue weighted by atomic mass is 16.3. The first-order chi connectivity index (χ1) is 8.91. The van der Waals surface area contributed by atoms with Crippen LogP contribution < -0.4 is 0 Å². The molecule has 19 heavy (non-hydrogen) atoms. The Kier molecular flexibility index (Phi) is 4.38. The van der Waals surface area contributed by atoms with Crippen molar-refractivity contribution in [2.45, 2.75) is 27.7 Å². The number of Topliss-reactive ketones (excluding diaryl/α,β-unsaturated/α-hetero) is 1. The molecule has 0 aliphatic rings. The largest absolute Gasteiger partial charge is 0.508 e. The lowest BCUT2D eigenvalue weighted by molar-refractivity contribution is 0.101. The van der Waals surface area contributed by atoms with Crippen LogP contribution in [-0.2, 0) is 0 Å². The standard InChI is InChI=1S/C13H12O4.C2H6/c1-6-3-8-4-9(15)5-10(16)12(8)13(17)11(6)7(2)14;1-2/h3-5,15-17H,1-2H3;1-2H3. The molecule has 0 fully saturated rings. The molecule has 102 valence electrons. The highest BCUT2D eigenvalue weighted by Crippen LogP contribution is 2.39. The smallest absolute Gasteiger partial charge is 0.163 e. The molecule has 0 radical (unpaired) electrons. The van der Waals surface area contributed by atoms with Crippen LogP contribution in [0, 0.1) is 6.92 Å². The van der Waals surface area contributed by atoms with Gasteiger partial charge in [-0.25, -0.2) is 0 Å². The molecule has 0 amide bonds. The molecule has 0 saturated carbocycles. The summed E-state index contributed by atoms with van der Waals surface area (Å²) in [7, 11) is 0. The van der Waals surface area contributed by atoms with Crippen molar-refractivity contribution in [3.63, 3.8) is 0 Å². The Morgan fingerprint density at radius 1 is 1.05 bits per heavy atom. The normalized spacial score (nSPS) is 9.89. The van der Waals surface area contributed by atoms with Gasteiger partial charge in [0, 0.05) is 6.07 Å². The van der Waals surface area contributed by atoms with Crippen LogP contribution in [0.5, 0.6) is 17.2 Å². The minimum Gasteiger partial charge on any atom is -0.508 e. The Labute approximate surface area is 111 Å². The third kappa shape index (κ3) is 2.62. The van der Waals surface area contributed by atoms with Gasteiger partial charge in [0.2, 0.25) is 0 Å². The van der Waals surface area contributed by atoms with E-state index in [0.717, 1.165) is 6.07 Å². The lowest BCUT2D eigenvalue weighted by atomic mass is 9.97. The Hall–Kier alpha value is -2.23. The molecule has 0 aromatic heterocycles. The molecule has 2 aromatic carbocycles. The molecule has 0 bridgehead atoms. The molecule has 0 atom stereocenters. The van der Waals surface area contributed by atoms with Crippen LogP contribution in [0.2, 0.25) is 0 Å². The van der Waals surface area contributed by atoms with Crippen LogP contribution in [0.15, 0.2) is 18.2 Å². The van der Waals surface area contributed by atoms with E-state index >= 15 is 0 Å². The lowest BCUT2D eigenvalue weighted by Gasteiger charge is -2.11. The Morgan fingerprint density at radius 2 is 1.63 bits per heavy atom. The molecule has 4 heteroatoms. The Morgan fingerprint density at radius 3 is 2.16 bits per heavy atom. The summed E-state index contributed by atoms with van der Waals surface area (Å²) in [6.07, 6.45) is 0. The number of fused-ring (bicyclic) bond motifs is 1. The van der Waals surface area contributed by atoms with E-state index in [1.54, 1.807) is 13.0 Å². The maximum Gasteiger partial charge on any atom is 0.163 e. The Balaban J connectivity index is 0.000000861. The van der Waals surface area contributed by atoms with Crippen LogP contribution in [0.25, 0.3) is 10.8 Å². The second-order valence-corrected chi connectivity index (χ2v) is 4.04. The van der Waals surface area contributed by atoms with Crippen molar-refractivity contribution in [1.82, 2.24) is 0 Å². The van der Waals surface area contributed by atoms with Gasteiger partial charge >= 0.3 is 0 Å². The van der Waals surface area contributed by atoms with Crippen molar-refractivity contribution in [2.75, 3.05) is 0 Å². The number of rotatable bonds is 1. The number of phenols is 3. The molecule has 3 N–H and O–H groups in total. The molecule has 2 aromatic rings. The summed E-state index contributed by atoms with van der Waals surface area (Å²) in [6.45, 7) is 7.04. The second-order valence-electron chi connectivity index (χ2n) is 4.04. The molecule has 0 aliphatic heterocycles. The van der Waals surface area contributed by atoms with Gasteiger partial charge in [-0.05, 0) is 30.9 Å². The highest BCUT2D eigenvalue weighted by molar-refractivity contribution is 6.07. The number of hydrogen-bond donors (Lipinski definition) is 3. The van der Waals surface area contributed by atoms with Gasteiger partial charge in [0.05, 0.1) is 10.9 Å². The van der Waals surface area contributed by atoms with E-state index in [1.807, 2.05) is 13.8 Å². The molecule has 0 aliphatic carbocycles. The molecule has 4 nitrogen and oxygen atoms in total. The molecule has 0 spiro atoms. The fourth-order valence-electron chi connectivity index (χ4n) is 2.07. The predicted octanol–water partition coefficient (Wildman–Crippen LogP) is 3.49. The SMILES string of the molecule is CC.CC(=O)c1c(C)cc2cc(O)cc(O)c2c1O. The third-order valence-electron chi connectivity index (χ3n) is 2.72. The fourth-order valence-corrected chi connectivity index (χ4v) is 2.07. The van der Waals surface area contributed by atoms with Crippen LogP contribution in [0.3, 0.4) is 0 Å². The van der Waals surface area contributed by atoms with E-state index in [2.05, 4.69) is 0 Å². The lowest BCUT2D eigenvalue weighted by Crippen LogP contribution is -1.97. The summed E-state index contributed by atoms with van der Waals surface area (Å²) in [4.78, 5) is 11.4. The summed E-state index contributed by atoms with van der Waals surface area (Å²) in [5, 5.41) is 29.7. The van der Waals surface area contributed by atoms with Gasteiger partial charge in [-0.1, -0.05) is 19.9 Å². The van der Waals surface area contributed by atoms with Crippen molar-refractivity contribution in [1.29, 1.82) is 0 Å². The first-order valence-electron chi connectivity index (χ1n) is 6.11. The summed E-state index contributed by atoms with van der Waals surface area (Å²) in [5.41, 5.74) is 0.797. The Bertz CT molecular complexity index is 630. The van der Waals surface area contributed by atoms with Crippen molar-refractivity contribution < 1.29 is 20.1 Å². The summed E-state index contributed by atoms with van der Waals surface area (Å²) < 4.78 is 0. The predicted molar refractivity (Wildman–Crippen MR) is 75.0 cm³/mol. The van der Waals surface area contributed by atoms with Gasteiger partial charge in [-0.3, -0.25) is 4.79 Å². The van der Waals surface area contributed by atoms with E-state index in [1.165, 1.54) is 13.0 Å². The third-order valence-corrected chi connectivity index (χ3v) is 2.72. The summed E-state index contributed by atoms with van der Waals surface area (Å²) in [6, 6.07) is 4.19. The van der Waals surface area contributed by atoms with E-state index < -0.39 is 0 Å². The quantitative estimate of drug-likeness (QED) is 0.687. The molecular formula is C15H18O4. The molecule has 0 saturated heterocycles. The first-order valence-corrected chi connectivity index (χ1v) is 6.11. The first kappa shape index (κ1) is 14.8. The molecule has 0 unspecified atom stereocenters. The number of ketones is 1. The average molecular weight is 262 g/mol. The van der Waals surface area contributed by atoms with Gasteiger partial charge < -0.3 is 15.3 Å². The van der Waals surface area contributed by atoms with Gasteiger partial charge in [-0.2, -0.15) is 0 Å². The van der Waals surface area contributed by atoms with Crippen LogP contribution in [0.4, 0.5) is 0 Å². The number of carbonyl (C=O) groups is 1. The monoisotopic (exact) mass is 262 g/mol. The summed E-state index contributed by atoms with van der Waals surface area (Å²) >= 11 is 0.